The van der Waals surface area contributed by atoms with Gasteiger partial charge >= 0.3 is 5.97 Å². The van der Waals surface area contributed by atoms with Crippen molar-refractivity contribution < 1.29 is 19.1 Å². The monoisotopic (exact) mass is 330 g/mol. The fraction of sp³-hybridized carbons (Fsp3) is 0.333. The van der Waals surface area contributed by atoms with Crippen LogP contribution in [0.5, 0.6) is 0 Å². The number of carboxylic acids is 1. The van der Waals surface area contributed by atoms with E-state index in [1.165, 1.54) is 12.1 Å². The van der Waals surface area contributed by atoms with Crippen LogP contribution in [-0.2, 0) is 4.79 Å². The van der Waals surface area contributed by atoms with E-state index in [0.717, 1.165) is 17.8 Å². The second-order valence-corrected chi connectivity index (χ2v) is 6.29. The summed E-state index contributed by atoms with van der Waals surface area (Å²) in [6.45, 7) is 3.64. The van der Waals surface area contributed by atoms with E-state index in [1.54, 1.807) is 25.1 Å². The lowest BCUT2D eigenvalue weighted by molar-refractivity contribution is -0.148. The minimum atomic E-state index is -1.14. The largest absolute Gasteiger partial charge is 0.480 e. The summed E-state index contributed by atoms with van der Waals surface area (Å²) < 4.78 is 15.0. The number of nitrogens with zero attached hydrogens (tertiary/aromatic N) is 1. The van der Waals surface area contributed by atoms with Crippen LogP contribution in [0.4, 0.5) is 4.39 Å². The van der Waals surface area contributed by atoms with E-state index in [0.29, 0.717) is 24.1 Å². The molecule has 1 heterocycles. The van der Waals surface area contributed by atoms with Gasteiger partial charge in [-0.05, 0) is 63.4 Å². The molecular weight excluding hydrogens is 311 g/mol. The van der Waals surface area contributed by atoms with Gasteiger partial charge in [0, 0.05) is 17.1 Å². The Kier molecular flexibility index (Phi) is 3.91. The summed E-state index contributed by atoms with van der Waals surface area (Å²) in [7, 11) is 0. The fourth-order valence-corrected chi connectivity index (χ4v) is 3.19. The van der Waals surface area contributed by atoms with Gasteiger partial charge in [-0.1, -0.05) is 0 Å². The molecule has 0 saturated heterocycles. The first kappa shape index (κ1) is 16.2. The van der Waals surface area contributed by atoms with E-state index in [9.17, 15) is 19.1 Å². The van der Waals surface area contributed by atoms with Crippen molar-refractivity contribution in [1.82, 2.24) is 9.88 Å². The number of carboxylic acid groups (broad SMARTS) is 1. The van der Waals surface area contributed by atoms with Crippen molar-refractivity contribution in [3.05, 3.63) is 53.1 Å². The fourth-order valence-electron chi connectivity index (χ4n) is 3.19. The number of carbonyl (C=O) groups excluding carboxylic acids is 1. The van der Waals surface area contributed by atoms with Crippen LogP contribution in [-0.4, -0.2) is 27.1 Å². The molecule has 24 heavy (non-hydrogen) atoms. The number of nitrogens with one attached hydrogen (secondary N) is 1. The number of amides is 1. The molecule has 126 valence electrons. The highest BCUT2D eigenvalue weighted by molar-refractivity contribution is 5.99. The van der Waals surface area contributed by atoms with Gasteiger partial charge in [-0.25, -0.2) is 9.18 Å². The number of halogens is 1. The summed E-state index contributed by atoms with van der Waals surface area (Å²) in [4.78, 5) is 24.0. The summed E-state index contributed by atoms with van der Waals surface area (Å²) in [5.74, 6) is -1.71. The van der Waals surface area contributed by atoms with Crippen molar-refractivity contribution in [2.75, 3.05) is 0 Å². The molecular formula is C18H19FN2O3. The molecule has 0 unspecified atom stereocenters. The van der Waals surface area contributed by atoms with E-state index in [4.69, 9.17) is 0 Å². The van der Waals surface area contributed by atoms with Crippen LogP contribution in [0, 0.1) is 19.7 Å². The first-order chi connectivity index (χ1) is 11.3. The zero-order chi connectivity index (χ0) is 17.5. The third-order valence-electron chi connectivity index (χ3n) is 4.73. The van der Waals surface area contributed by atoms with Crippen molar-refractivity contribution >= 4 is 11.9 Å². The Morgan fingerprint density at radius 3 is 2.33 bits per heavy atom. The van der Waals surface area contributed by atoms with Crippen molar-refractivity contribution in [1.29, 1.82) is 0 Å². The van der Waals surface area contributed by atoms with Gasteiger partial charge in [0.1, 0.15) is 11.4 Å². The normalized spacial score (nSPS) is 15.6. The van der Waals surface area contributed by atoms with Crippen LogP contribution >= 0.6 is 0 Å². The quantitative estimate of drug-likeness (QED) is 0.905. The third-order valence-corrected chi connectivity index (χ3v) is 4.73. The highest BCUT2D eigenvalue weighted by Gasteiger charge is 2.46. The van der Waals surface area contributed by atoms with E-state index >= 15 is 0 Å². The molecule has 1 aromatic carbocycles. The van der Waals surface area contributed by atoms with Gasteiger partial charge < -0.3 is 15.0 Å². The van der Waals surface area contributed by atoms with Gasteiger partial charge in [0.05, 0.1) is 5.56 Å². The molecule has 2 N–H and O–H groups in total. The number of rotatable bonds is 4. The molecule has 2 aromatic rings. The number of carbonyl (C=O) groups is 2. The Balaban J connectivity index is 1.92. The van der Waals surface area contributed by atoms with Gasteiger partial charge in [0.2, 0.25) is 0 Å². The zero-order valence-electron chi connectivity index (χ0n) is 13.6. The molecule has 1 aliphatic rings. The number of aromatic nitrogens is 1. The smallest absolute Gasteiger partial charge is 0.329 e. The maximum absolute atomic E-state index is 13.1. The zero-order valence-corrected chi connectivity index (χ0v) is 13.6. The summed E-state index contributed by atoms with van der Waals surface area (Å²) in [6.07, 6.45) is 1.69. The first-order valence-corrected chi connectivity index (χ1v) is 7.85. The molecule has 1 fully saturated rings. The van der Waals surface area contributed by atoms with Gasteiger partial charge in [0.15, 0.2) is 0 Å². The van der Waals surface area contributed by atoms with E-state index in [1.807, 2.05) is 11.5 Å². The standard InChI is InChI=1S/C18H19FN2O3/c1-11-10-15(16(22)20-18(17(23)24)8-3-9-18)12(2)21(11)14-6-4-13(19)5-7-14/h4-7,10H,3,8-9H2,1-2H3,(H,20,22)(H,23,24). The Morgan fingerprint density at radius 1 is 1.21 bits per heavy atom. The summed E-state index contributed by atoms with van der Waals surface area (Å²) in [5, 5.41) is 12.0. The number of hydrogen-bond donors (Lipinski definition) is 2. The van der Waals surface area contributed by atoms with Crippen molar-refractivity contribution in [3.63, 3.8) is 0 Å². The van der Waals surface area contributed by atoms with Gasteiger partial charge in [0.25, 0.3) is 5.91 Å². The molecule has 1 aliphatic carbocycles. The molecule has 0 spiro atoms. The Hall–Kier alpha value is -2.63. The summed E-state index contributed by atoms with van der Waals surface area (Å²) >= 11 is 0. The number of benzene rings is 1. The van der Waals surface area contributed by atoms with Gasteiger partial charge in [-0.15, -0.1) is 0 Å². The van der Waals surface area contributed by atoms with E-state index in [2.05, 4.69) is 5.32 Å². The van der Waals surface area contributed by atoms with Gasteiger partial charge in [-0.2, -0.15) is 0 Å². The number of hydrogen-bond acceptors (Lipinski definition) is 2. The molecule has 6 heteroatoms. The Bertz CT molecular complexity index is 804. The highest BCUT2D eigenvalue weighted by atomic mass is 19.1. The minimum absolute atomic E-state index is 0.326. The lowest BCUT2D eigenvalue weighted by Crippen LogP contribution is -2.59. The second-order valence-electron chi connectivity index (χ2n) is 6.29. The van der Waals surface area contributed by atoms with E-state index < -0.39 is 17.4 Å². The van der Waals surface area contributed by atoms with Crippen molar-refractivity contribution in [2.24, 2.45) is 0 Å². The molecule has 1 saturated carbocycles. The molecule has 5 nitrogen and oxygen atoms in total. The van der Waals surface area contributed by atoms with Crippen LogP contribution in [0.3, 0.4) is 0 Å². The summed E-state index contributed by atoms with van der Waals surface area (Å²) in [6, 6.07) is 7.73. The number of aryl methyl sites for hydroxylation is 1. The first-order valence-electron chi connectivity index (χ1n) is 7.85. The van der Waals surface area contributed by atoms with Crippen molar-refractivity contribution in [2.45, 2.75) is 38.6 Å². The molecule has 1 aromatic heterocycles. The lowest BCUT2D eigenvalue weighted by Gasteiger charge is -2.38. The molecule has 0 aliphatic heterocycles. The SMILES string of the molecule is Cc1cc(C(=O)NC2(C(=O)O)CCC2)c(C)n1-c1ccc(F)cc1. The average molecular weight is 330 g/mol. The van der Waals surface area contributed by atoms with Crippen LogP contribution in [0.1, 0.15) is 41.0 Å². The second kappa shape index (κ2) is 5.78. The van der Waals surface area contributed by atoms with Crippen LogP contribution in [0.25, 0.3) is 5.69 Å². The maximum Gasteiger partial charge on any atom is 0.329 e. The molecule has 0 atom stereocenters. The lowest BCUT2D eigenvalue weighted by atomic mass is 9.76. The minimum Gasteiger partial charge on any atom is -0.480 e. The molecule has 0 radical (unpaired) electrons. The molecule has 3 rings (SSSR count). The van der Waals surface area contributed by atoms with Crippen LogP contribution in [0.15, 0.2) is 30.3 Å². The predicted octanol–water partition coefficient (Wildman–Crippen LogP) is 2.97. The van der Waals surface area contributed by atoms with Gasteiger partial charge in [-0.3, -0.25) is 4.79 Å². The summed E-state index contributed by atoms with van der Waals surface area (Å²) in [5.41, 5.74) is 1.56. The van der Waals surface area contributed by atoms with Crippen molar-refractivity contribution in [3.8, 4) is 5.69 Å². The predicted molar refractivity (Wildman–Crippen MR) is 86.9 cm³/mol. The topological polar surface area (TPSA) is 71.3 Å². The highest BCUT2D eigenvalue weighted by Crippen LogP contribution is 2.33. The van der Waals surface area contributed by atoms with Crippen LogP contribution < -0.4 is 5.32 Å². The van der Waals surface area contributed by atoms with E-state index in [-0.39, 0.29) is 5.82 Å². The number of aliphatic carboxylic acids is 1. The van der Waals surface area contributed by atoms with Crippen LogP contribution in [0.2, 0.25) is 0 Å². The third kappa shape index (κ3) is 2.58. The molecule has 1 amide bonds. The molecule has 0 bridgehead atoms. The Morgan fingerprint density at radius 2 is 1.83 bits per heavy atom. The Labute approximate surface area is 139 Å². The average Bonchev–Trinajstić information content (AvgIpc) is 2.78. The maximum atomic E-state index is 13.1.